The number of hydrogen-bond donors (Lipinski definition) is 0. The van der Waals surface area contributed by atoms with Gasteiger partial charge in [0.25, 0.3) is 5.56 Å². The fraction of sp³-hybridized carbons (Fsp3) is 0.348. The molecule has 2 heterocycles. The summed E-state index contributed by atoms with van der Waals surface area (Å²) in [6, 6.07) is 6.17. The van der Waals surface area contributed by atoms with Gasteiger partial charge in [-0.2, -0.15) is 4.98 Å². The van der Waals surface area contributed by atoms with Crippen molar-refractivity contribution in [1.29, 1.82) is 0 Å². The van der Waals surface area contributed by atoms with Gasteiger partial charge in [-0.15, -0.1) is 0 Å². The van der Waals surface area contributed by atoms with Gasteiger partial charge in [-0.3, -0.25) is 19.1 Å². The second-order valence-corrected chi connectivity index (χ2v) is 8.67. The minimum absolute atomic E-state index is 0.198. The van der Waals surface area contributed by atoms with Crippen LogP contribution in [-0.4, -0.2) is 57.6 Å². The SMILES string of the molecule is COCCN(C)C(C=O)n1cc(Cc2cn(C)c(SCc3ccc(F)cc3)nc2=O)cnc1=O. The Balaban J connectivity index is 1.78. The number of nitrogens with zero attached hydrogens (tertiary/aromatic N) is 5. The topological polar surface area (TPSA) is 99.3 Å². The van der Waals surface area contributed by atoms with Gasteiger partial charge in [0.15, 0.2) is 11.4 Å². The number of thioether (sulfide) groups is 1. The average molecular weight is 488 g/mol. The number of benzene rings is 1. The number of aldehydes is 1. The van der Waals surface area contributed by atoms with Gasteiger partial charge in [-0.05, 0) is 30.3 Å². The molecule has 9 nitrogen and oxygen atoms in total. The normalized spacial score (nSPS) is 12.1. The number of aryl methyl sites for hydroxylation is 1. The maximum atomic E-state index is 13.1. The van der Waals surface area contributed by atoms with Gasteiger partial charge in [0.05, 0.1) is 6.61 Å². The van der Waals surface area contributed by atoms with E-state index < -0.39 is 11.9 Å². The lowest BCUT2D eigenvalue weighted by atomic mass is 10.1. The Morgan fingerprint density at radius 3 is 2.62 bits per heavy atom. The van der Waals surface area contributed by atoms with Crippen LogP contribution in [0.5, 0.6) is 0 Å². The van der Waals surface area contributed by atoms with Crippen LogP contribution in [0.4, 0.5) is 4.39 Å². The smallest absolute Gasteiger partial charge is 0.349 e. The molecule has 0 spiro atoms. The summed E-state index contributed by atoms with van der Waals surface area (Å²) in [7, 11) is 5.05. The number of ether oxygens (including phenoxy) is 1. The molecule has 1 atom stereocenters. The molecular weight excluding hydrogens is 461 g/mol. The quantitative estimate of drug-likeness (QED) is 0.229. The minimum atomic E-state index is -0.846. The molecule has 0 aliphatic rings. The number of likely N-dealkylation sites (N-methyl/N-ethyl adjacent to an activating group) is 1. The van der Waals surface area contributed by atoms with Crippen molar-refractivity contribution >= 4 is 18.0 Å². The third-order valence-electron chi connectivity index (χ3n) is 5.17. The molecule has 3 rings (SSSR count). The summed E-state index contributed by atoms with van der Waals surface area (Å²) in [5.74, 6) is 0.240. The van der Waals surface area contributed by atoms with E-state index in [1.165, 1.54) is 40.9 Å². The highest BCUT2D eigenvalue weighted by Gasteiger charge is 2.18. The fourth-order valence-electron chi connectivity index (χ4n) is 3.29. The third kappa shape index (κ3) is 6.46. The van der Waals surface area contributed by atoms with Crippen molar-refractivity contribution in [2.24, 2.45) is 7.05 Å². The highest BCUT2D eigenvalue weighted by atomic mass is 32.2. The van der Waals surface area contributed by atoms with Crippen LogP contribution >= 0.6 is 11.8 Å². The Morgan fingerprint density at radius 1 is 1.21 bits per heavy atom. The van der Waals surface area contributed by atoms with Crippen molar-refractivity contribution in [2.45, 2.75) is 23.5 Å². The average Bonchev–Trinajstić information content (AvgIpc) is 2.82. The van der Waals surface area contributed by atoms with E-state index in [0.29, 0.717) is 41.5 Å². The summed E-state index contributed by atoms with van der Waals surface area (Å²) in [5, 5.41) is 0.530. The summed E-state index contributed by atoms with van der Waals surface area (Å²) in [5.41, 5.74) is 0.983. The lowest BCUT2D eigenvalue weighted by Gasteiger charge is -2.24. The van der Waals surface area contributed by atoms with Gasteiger partial charge < -0.3 is 9.30 Å². The largest absolute Gasteiger partial charge is 0.383 e. The van der Waals surface area contributed by atoms with E-state index in [1.807, 2.05) is 0 Å². The van der Waals surface area contributed by atoms with Gasteiger partial charge in [0.2, 0.25) is 0 Å². The number of carbonyl (C=O) groups is 1. The number of methoxy groups -OCH3 is 1. The first-order valence-corrected chi connectivity index (χ1v) is 11.5. The van der Waals surface area contributed by atoms with Crippen molar-refractivity contribution in [1.82, 2.24) is 24.0 Å². The van der Waals surface area contributed by atoms with Crippen LogP contribution in [0.25, 0.3) is 0 Å². The molecule has 11 heteroatoms. The molecule has 180 valence electrons. The van der Waals surface area contributed by atoms with E-state index in [9.17, 15) is 18.8 Å². The Bertz CT molecular complexity index is 1250. The first-order valence-electron chi connectivity index (χ1n) is 10.5. The van der Waals surface area contributed by atoms with Crippen molar-refractivity contribution in [3.05, 3.63) is 86.2 Å². The molecule has 0 saturated heterocycles. The number of aromatic nitrogens is 4. The van der Waals surface area contributed by atoms with E-state index in [0.717, 1.165) is 5.56 Å². The number of rotatable bonds is 11. The summed E-state index contributed by atoms with van der Waals surface area (Å²) in [6.07, 6.45) is 4.64. The zero-order chi connectivity index (χ0) is 24.7. The van der Waals surface area contributed by atoms with Crippen LogP contribution in [0.15, 0.2) is 57.6 Å². The molecule has 0 amide bonds. The minimum Gasteiger partial charge on any atom is -0.383 e. The fourth-order valence-corrected chi connectivity index (χ4v) is 4.18. The molecule has 0 radical (unpaired) electrons. The van der Waals surface area contributed by atoms with Crippen LogP contribution in [0.3, 0.4) is 0 Å². The first kappa shape index (κ1) is 25.5. The third-order valence-corrected chi connectivity index (χ3v) is 6.29. The molecular formula is C23H26FN5O4S. The molecule has 0 bridgehead atoms. The summed E-state index contributed by atoms with van der Waals surface area (Å²) in [4.78, 5) is 46.4. The van der Waals surface area contributed by atoms with Crippen molar-refractivity contribution in [3.8, 4) is 0 Å². The Hall–Kier alpha value is -3.15. The van der Waals surface area contributed by atoms with E-state index in [2.05, 4.69) is 9.97 Å². The highest BCUT2D eigenvalue weighted by molar-refractivity contribution is 7.98. The Morgan fingerprint density at radius 2 is 1.94 bits per heavy atom. The summed E-state index contributed by atoms with van der Waals surface area (Å²) >= 11 is 1.37. The molecule has 3 aromatic rings. The van der Waals surface area contributed by atoms with Gasteiger partial charge >= 0.3 is 5.69 Å². The molecule has 2 aromatic heterocycles. The van der Waals surface area contributed by atoms with Crippen LogP contribution in [-0.2, 0) is 28.8 Å². The number of hydrogen-bond acceptors (Lipinski definition) is 8. The van der Waals surface area contributed by atoms with Crippen molar-refractivity contribution in [3.63, 3.8) is 0 Å². The van der Waals surface area contributed by atoms with E-state index in [1.54, 1.807) is 49.0 Å². The summed E-state index contributed by atoms with van der Waals surface area (Å²) in [6.45, 7) is 0.841. The monoisotopic (exact) mass is 487 g/mol. The maximum Gasteiger partial charge on any atom is 0.349 e. The molecule has 0 fully saturated rings. The van der Waals surface area contributed by atoms with Gasteiger partial charge in [-0.1, -0.05) is 23.9 Å². The maximum absolute atomic E-state index is 13.1. The van der Waals surface area contributed by atoms with E-state index >= 15 is 0 Å². The molecule has 0 saturated carbocycles. The molecule has 1 unspecified atom stereocenters. The predicted molar refractivity (Wildman–Crippen MR) is 126 cm³/mol. The Labute approximate surface area is 200 Å². The Kier molecular flexibility index (Phi) is 8.85. The molecule has 34 heavy (non-hydrogen) atoms. The second kappa shape index (κ2) is 11.8. The zero-order valence-corrected chi connectivity index (χ0v) is 20.0. The molecule has 0 N–H and O–H groups in total. The van der Waals surface area contributed by atoms with Crippen LogP contribution < -0.4 is 11.2 Å². The summed E-state index contributed by atoms with van der Waals surface area (Å²) < 4.78 is 21.1. The van der Waals surface area contributed by atoms with Crippen LogP contribution in [0.2, 0.25) is 0 Å². The van der Waals surface area contributed by atoms with Crippen molar-refractivity contribution in [2.75, 3.05) is 27.3 Å². The standard InChI is InChI=1S/C23H26FN5O4S/c1-27(8-9-33-3)20(14-30)29-12-17(11-25-22(29)32)10-18-13-28(2)23(26-21(18)31)34-15-16-4-6-19(24)7-5-16/h4-7,11-14,20H,8-10,15H2,1-3H3. The van der Waals surface area contributed by atoms with Crippen molar-refractivity contribution < 1.29 is 13.9 Å². The number of halogens is 1. The molecule has 0 aliphatic carbocycles. The second-order valence-electron chi connectivity index (χ2n) is 7.73. The van der Waals surface area contributed by atoms with Gasteiger partial charge in [-0.25, -0.2) is 14.2 Å². The molecule has 0 aliphatic heterocycles. The number of carbonyl (C=O) groups excluding carboxylic acids is 1. The molecule has 1 aromatic carbocycles. The lowest BCUT2D eigenvalue weighted by molar-refractivity contribution is -0.115. The lowest BCUT2D eigenvalue weighted by Crippen LogP contribution is -2.39. The van der Waals surface area contributed by atoms with Crippen LogP contribution in [0.1, 0.15) is 22.9 Å². The zero-order valence-electron chi connectivity index (χ0n) is 19.2. The van der Waals surface area contributed by atoms with E-state index in [-0.39, 0.29) is 17.8 Å². The first-order chi connectivity index (χ1) is 16.3. The van der Waals surface area contributed by atoms with Crippen LogP contribution in [0, 0.1) is 5.82 Å². The highest BCUT2D eigenvalue weighted by Crippen LogP contribution is 2.20. The van der Waals surface area contributed by atoms with Gasteiger partial charge in [0, 0.05) is 57.0 Å². The predicted octanol–water partition coefficient (Wildman–Crippen LogP) is 1.63. The van der Waals surface area contributed by atoms with Gasteiger partial charge in [0.1, 0.15) is 12.0 Å². The van der Waals surface area contributed by atoms with E-state index in [4.69, 9.17) is 4.74 Å².